The molecule has 4 unspecified atom stereocenters. The summed E-state index contributed by atoms with van der Waals surface area (Å²) in [5.74, 6) is 6.98. The van der Waals surface area contributed by atoms with Crippen LogP contribution in [0.5, 0.6) is 0 Å². The van der Waals surface area contributed by atoms with Gasteiger partial charge in [0.15, 0.2) is 0 Å². The lowest BCUT2D eigenvalue weighted by atomic mass is 9.32. The Labute approximate surface area is 310 Å². The highest BCUT2D eigenvalue weighted by Crippen LogP contribution is 2.77. The molecule has 278 valence electrons. The highest BCUT2D eigenvalue weighted by Gasteiger charge is 2.71. The number of benzene rings is 1. The summed E-state index contributed by atoms with van der Waals surface area (Å²) >= 11 is 6.18. The van der Waals surface area contributed by atoms with Crippen molar-refractivity contribution in [3.05, 3.63) is 46.5 Å². The zero-order valence-corrected chi connectivity index (χ0v) is 32.8. The van der Waals surface area contributed by atoms with Crippen LogP contribution in [0.3, 0.4) is 0 Å². The number of ether oxygens (including phenoxy) is 1. The Bertz CT molecular complexity index is 1700. The fourth-order valence-electron chi connectivity index (χ4n) is 13.2. The highest BCUT2D eigenvalue weighted by atomic mass is 35.5. The van der Waals surface area contributed by atoms with E-state index in [1.165, 1.54) is 18.1 Å². The van der Waals surface area contributed by atoms with Gasteiger partial charge in [0.05, 0.1) is 17.4 Å². The quantitative estimate of drug-likeness (QED) is 0.172. The van der Waals surface area contributed by atoms with Crippen molar-refractivity contribution in [2.45, 2.75) is 132 Å². The van der Waals surface area contributed by atoms with E-state index in [0.717, 1.165) is 57.8 Å². The van der Waals surface area contributed by atoms with Gasteiger partial charge in [0.25, 0.3) is 0 Å². The summed E-state index contributed by atoms with van der Waals surface area (Å²) in [6.07, 6.45) is 10.2. The summed E-state index contributed by atoms with van der Waals surface area (Å²) in [5.41, 5.74) is 0.750. The van der Waals surface area contributed by atoms with Crippen molar-refractivity contribution in [1.29, 1.82) is 0 Å². The van der Waals surface area contributed by atoms with Crippen LogP contribution in [0.1, 0.15) is 142 Å². The minimum atomic E-state index is -1.16. The number of aromatic carboxylic acids is 1. The van der Waals surface area contributed by atoms with Crippen LogP contribution in [0.15, 0.2) is 30.4 Å². The van der Waals surface area contributed by atoms with E-state index in [0.29, 0.717) is 40.2 Å². The molecule has 0 bridgehead atoms. The Hall–Kier alpha value is -2.78. The molecule has 0 amide bonds. The van der Waals surface area contributed by atoms with Crippen LogP contribution in [0, 0.1) is 73.9 Å². The molecular formula is C44H59ClO6. The van der Waals surface area contributed by atoms with Crippen molar-refractivity contribution in [3.63, 3.8) is 0 Å². The molecule has 5 aliphatic rings. The summed E-state index contributed by atoms with van der Waals surface area (Å²) in [4.78, 5) is 36.9. The summed E-state index contributed by atoms with van der Waals surface area (Å²) in [6.45, 7) is 22.2. The van der Waals surface area contributed by atoms with Crippen molar-refractivity contribution < 1.29 is 29.3 Å². The third kappa shape index (κ3) is 5.87. The lowest BCUT2D eigenvalue weighted by molar-refractivity contribution is -0.247. The largest absolute Gasteiger partial charge is 0.481 e. The Kier molecular flexibility index (Phi) is 9.43. The number of carbonyl (C=O) groups excluding carboxylic acids is 1. The molecule has 6 nitrogen and oxygen atoms in total. The first kappa shape index (κ1) is 38.0. The van der Waals surface area contributed by atoms with Gasteiger partial charge in [-0.3, -0.25) is 9.59 Å². The second kappa shape index (κ2) is 12.7. The average Bonchev–Trinajstić information content (AvgIpc) is 3.42. The summed E-state index contributed by atoms with van der Waals surface area (Å²) in [5, 5.41) is 19.9. The van der Waals surface area contributed by atoms with Gasteiger partial charge in [-0.05, 0) is 149 Å². The molecule has 0 aliphatic heterocycles. The third-order valence-corrected chi connectivity index (χ3v) is 16.3. The van der Waals surface area contributed by atoms with E-state index in [1.54, 1.807) is 26.0 Å². The molecule has 5 fully saturated rings. The van der Waals surface area contributed by atoms with E-state index in [1.807, 2.05) is 0 Å². The van der Waals surface area contributed by atoms with Crippen LogP contribution in [0.2, 0.25) is 5.02 Å². The summed E-state index contributed by atoms with van der Waals surface area (Å²) < 4.78 is 6.16. The fraction of sp³-hybridized carbons (Fsp3) is 0.705. The molecule has 0 radical (unpaired) electrons. The van der Waals surface area contributed by atoms with Gasteiger partial charge in [-0.1, -0.05) is 70.2 Å². The molecule has 7 heteroatoms. The lowest BCUT2D eigenvalue weighted by Gasteiger charge is -2.72. The molecule has 5 saturated carbocycles. The van der Waals surface area contributed by atoms with E-state index in [2.05, 4.69) is 60.0 Å². The summed E-state index contributed by atoms with van der Waals surface area (Å²) in [6, 6.07) is 4.99. The van der Waals surface area contributed by atoms with Crippen molar-refractivity contribution in [2.24, 2.45) is 62.1 Å². The molecule has 10 atom stereocenters. The van der Waals surface area contributed by atoms with Crippen molar-refractivity contribution >= 4 is 29.5 Å². The topological polar surface area (TPSA) is 101 Å². The second-order valence-electron chi connectivity index (χ2n) is 19.3. The van der Waals surface area contributed by atoms with Crippen LogP contribution in [-0.2, 0) is 14.3 Å². The predicted molar refractivity (Wildman–Crippen MR) is 200 cm³/mol. The number of hydrogen-bond acceptors (Lipinski definition) is 4. The number of carboxylic acids is 2. The molecule has 0 heterocycles. The number of allylic oxidation sites excluding steroid dienone is 1. The van der Waals surface area contributed by atoms with E-state index in [9.17, 15) is 24.6 Å². The maximum absolute atomic E-state index is 13.1. The van der Waals surface area contributed by atoms with Gasteiger partial charge in [0.1, 0.15) is 6.10 Å². The van der Waals surface area contributed by atoms with E-state index in [-0.39, 0.29) is 45.2 Å². The van der Waals surface area contributed by atoms with Gasteiger partial charge < -0.3 is 14.9 Å². The van der Waals surface area contributed by atoms with Crippen LogP contribution in [0.25, 0.3) is 0 Å². The van der Waals surface area contributed by atoms with E-state index >= 15 is 0 Å². The van der Waals surface area contributed by atoms with E-state index < -0.39 is 23.3 Å². The molecule has 5 aliphatic carbocycles. The molecular weight excluding hydrogens is 660 g/mol. The predicted octanol–water partition coefficient (Wildman–Crippen LogP) is 10.5. The van der Waals surface area contributed by atoms with Crippen LogP contribution >= 0.6 is 11.6 Å². The Morgan fingerprint density at radius 3 is 2.27 bits per heavy atom. The van der Waals surface area contributed by atoms with Crippen molar-refractivity contribution in [3.8, 4) is 11.8 Å². The molecule has 51 heavy (non-hydrogen) atoms. The van der Waals surface area contributed by atoms with Crippen molar-refractivity contribution in [1.82, 2.24) is 0 Å². The molecule has 1 aromatic rings. The SMILES string of the molecule is C=C(C)[C@@H]1CC[C@]2(C#Cc3ccc(Cl)cc3C(=O)O)CC[C@]3(C)C(CCC4[C@@]5(C)CC[C@H](OC(=O)CC(C)(C)C(=O)O)C(C)(C)C5CC[C@]43C)C12. The molecule has 2 N–H and O–H groups in total. The van der Waals surface area contributed by atoms with Gasteiger partial charge >= 0.3 is 17.9 Å². The number of carboxylic acid groups (broad SMARTS) is 2. The molecule has 0 saturated heterocycles. The third-order valence-electron chi connectivity index (χ3n) is 16.1. The number of hydrogen-bond donors (Lipinski definition) is 2. The van der Waals surface area contributed by atoms with Crippen LogP contribution in [0.4, 0.5) is 0 Å². The molecule has 0 aromatic heterocycles. The number of esters is 1. The number of fused-ring (bicyclic) bond motifs is 7. The Morgan fingerprint density at radius 1 is 0.922 bits per heavy atom. The maximum atomic E-state index is 13.1. The highest BCUT2D eigenvalue weighted by molar-refractivity contribution is 6.31. The number of aliphatic carboxylic acids is 1. The Balaban J connectivity index is 1.30. The van der Waals surface area contributed by atoms with E-state index in [4.69, 9.17) is 16.3 Å². The number of halogens is 1. The lowest BCUT2D eigenvalue weighted by Crippen LogP contribution is -2.66. The summed E-state index contributed by atoms with van der Waals surface area (Å²) in [7, 11) is 0. The normalized spacial score (nSPS) is 39.5. The monoisotopic (exact) mass is 718 g/mol. The minimum Gasteiger partial charge on any atom is -0.481 e. The molecule has 0 spiro atoms. The van der Waals surface area contributed by atoms with Crippen molar-refractivity contribution in [2.75, 3.05) is 0 Å². The van der Waals surface area contributed by atoms with Gasteiger partial charge in [0.2, 0.25) is 0 Å². The van der Waals surface area contributed by atoms with Gasteiger partial charge in [0, 0.05) is 21.4 Å². The maximum Gasteiger partial charge on any atom is 0.337 e. The zero-order chi connectivity index (χ0) is 37.5. The van der Waals surface area contributed by atoms with Gasteiger partial charge in [-0.15, -0.1) is 0 Å². The second-order valence-corrected chi connectivity index (χ2v) is 19.7. The fourth-order valence-corrected chi connectivity index (χ4v) is 13.4. The first-order valence-electron chi connectivity index (χ1n) is 19.3. The van der Waals surface area contributed by atoms with Gasteiger partial charge in [-0.2, -0.15) is 0 Å². The standard InChI is InChI=1S/C44H59ClO6/c1-26(2)29-15-21-44(20-14-27-10-11-28(45)24-30(27)37(47)48)23-22-42(8)31(36(29)44)12-13-33-41(7)18-17-34(51-35(46)25-39(3,4)38(49)50)40(5,6)32(41)16-19-43(33,42)9/h10-11,24,29,31-34,36H,1,12-13,15-19,21-23,25H2,2-9H3,(H,47,48)(H,49,50)/t29-,31?,32?,33?,34-,36?,41-,42+,43+,44+/m0/s1. The van der Waals surface area contributed by atoms with Crippen LogP contribution < -0.4 is 0 Å². The van der Waals surface area contributed by atoms with Gasteiger partial charge in [-0.25, -0.2) is 4.79 Å². The number of rotatable bonds is 6. The van der Waals surface area contributed by atoms with Crippen LogP contribution in [-0.4, -0.2) is 34.2 Å². The first-order chi connectivity index (χ1) is 23.6. The zero-order valence-electron chi connectivity index (χ0n) is 32.1. The average molecular weight is 719 g/mol. The minimum absolute atomic E-state index is 0.104. The number of carbonyl (C=O) groups is 3. The first-order valence-corrected chi connectivity index (χ1v) is 19.7. The Morgan fingerprint density at radius 2 is 1.63 bits per heavy atom. The smallest absolute Gasteiger partial charge is 0.337 e. The molecule has 6 rings (SSSR count). The molecule has 1 aromatic carbocycles.